The largest absolute Gasteiger partial charge is 0.444 e. The number of likely N-dealkylation sites (tertiary alicyclic amines) is 1. The highest BCUT2D eigenvalue weighted by Gasteiger charge is 2.45. The van der Waals surface area contributed by atoms with Crippen molar-refractivity contribution in [1.29, 1.82) is 0 Å². The summed E-state index contributed by atoms with van der Waals surface area (Å²) in [5.41, 5.74) is -0.956. The van der Waals surface area contributed by atoms with Crippen LogP contribution in [0.2, 0.25) is 10.3 Å². The molecule has 1 aromatic heterocycles. The van der Waals surface area contributed by atoms with Crippen LogP contribution in [0.3, 0.4) is 0 Å². The zero-order valence-corrected chi connectivity index (χ0v) is 15.3. The molecule has 24 heavy (non-hydrogen) atoms. The van der Waals surface area contributed by atoms with E-state index in [2.05, 4.69) is 4.98 Å². The van der Waals surface area contributed by atoms with E-state index in [4.69, 9.17) is 27.9 Å². The van der Waals surface area contributed by atoms with Gasteiger partial charge in [-0.25, -0.2) is 18.6 Å². The number of hydrogen-bond acceptors (Lipinski definition) is 3. The summed E-state index contributed by atoms with van der Waals surface area (Å²) in [4.78, 5) is 17.2. The number of halogens is 4. The third-order valence-corrected chi connectivity index (χ3v) is 4.12. The Morgan fingerprint density at radius 3 is 2.42 bits per heavy atom. The van der Waals surface area contributed by atoms with Gasteiger partial charge in [-0.2, -0.15) is 0 Å². The van der Waals surface area contributed by atoms with Crippen LogP contribution < -0.4 is 0 Å². The van der Waals surface area contributed by atoms with E-state index in [1.807, 2.05) is 0 Å². The molecule has 0 aliphatic carbocycles. The molecule has 0 radical (unpaired) electrons. The van der Waals surface area contributed by atoms with Gasteiger partial charge >= 0.3 is 6.09 Å². The van der Waals surface area contributed by atoms with E-state index in [9.17, 15) is 13.6 Å². The number of ether oxygens (including phenoxy) is 1. The first kappa shape index (κ1) is 19.2. The Hall–Kier alpha value is -1.14. The van der Waals surface area contributed by atoms with Gasteiger partial charge in [-0.1, -0.05) is 23.2 Å². The van der Waals surface area contributed by atoms with Gasteiger partial charge in [-0.15, -0.1) is 0 Å². The normalized spacial score (nSPS) is 19.3. The van der Waals surface area contributed by atoms with Crippen molar-refractivity contribution < 1.29 is 18.3 Å². The number of amides is 1. The van der Waals surface area contributed by atoms with E-state index in [1.165, 1.54) is 4.90 Å². The summed E-state index contributed by atoms with van der Waals surface area (Å²) >= 11 is 11.5. The number of nitrogens with zero attached hydrogens (tertiary/aromatic N) is 2. The summed E-state index contributed by atoms with van der Waals surface area (Å²) in [6, 6.07) is 2.22. The number of alkyl halides is 2. The summed E-state index contributed by atoms with van der Waals surface area (Å²) in [5, 5.41) is -0.172. The summed E-state index contributed by atoms with van der Waals surface area (Å²) in [6.07, 6.45) is 0.199. The maximum absolute atomic E-state index is 14.9. The Kier molecular flexibility index (Phi) is 5.60. The van der Waals surface area contributed by atoms with Crippen LogP contribution >= 0.6 is 23.2 Å². The third kappa shape index (κ3) is 4.70. The van der Waals surface area contributed by atoms with Crippen molar-refractivity contribution in [3.63, 3.8) is 0 Å². The number of hydrogen-bond donors (Lipinski definition) is 0. The van der Waals surface area contributed by atoms with Gasteiger partial charge in [0.05, 0.1) is 0 Å². The highest BCUT2D eigenvalue weighted by atomic mass is 35.5. The Labute approximate surface area is 150 Å². The van der Waals surface area contributed by atoms with Gasteiger partial charge in [-0.3, -0.25) is 0 Å². The van der Waals surface area contributed by atoms with Crippen molar-refractivity contribution in [3.8, 4) is 0 Å². The molecule has 1 aromatic rings. The molecule has 2 heterocycles. The van der Waals surface area contributed by atoms with Crippen LogP contribution in [0.4, 0.5) is 13.6 Å². The van der Waals surface area contributed by atoms with E-state index in [0.717, 1.165) is 12.1 Å². The Morgan fingerprint density at radius 1 is 1.29 bits per heavy atom. The minimum absolute atomic E-state index is 0.0839. The second kappa shape index (κ2) is 7.00. The molecule has 1 aliphatic heterocycles. The molecule has 1 atom stereocenters. The third-order valence-electron chi connectivity index (χ3n) is 3.73. The van der Waals surface area contributed by atoms with E-state index < -0.39 is 23.5 Å². The molecule has 134 valence electrons. The lowest BCUT2D eigenvalue weighted by Gasteiger charge is -2.37. The van der Waals surface area contributed by atoms with E-state index in [0.29, 0.717) is 19.4 Å². The zero-order valence-electron chi connectivity index (χ0n) is 13.8. The molecule has 0 spiro atoms. The molecule has 0 saturated carbocycles. The molecule has 8 heteroatoms. The zero-order chi connectivity index (χ0) is 18.1. The van der Waals surface area contributed by atoms with Crippen molar-refractivity contribution in [2.24, 2.45) is 5.92 Å². The van der Waals surface area contributed by atoms with Crippen LogP contribution in [0.15, 0.2) is 12.1 Å². The number of carbonyl (C=O) groups excluding carboxylic acids is 1. The fourth-order valence-electron chi connectivity index (χ4n) is 2.66. The molecule has 1 fully saturated rings. The second-order valence-corrected chi connectivity index (χ2v) is 7.66. The van der Waals surface area contributed by atoms with Gasteiger partial charge in [-0.05, 0) is 45.7 Å². The van der Waals surface area contributed by atoms with Crippen LogP contribution in [-0.2, 0) is 10.7 Å². The molecule has 0 bridgehead atoms. The molecular formula is C16H20Cl2F2N2O2. The summed E-state index contributed by atoms with van der Waals surface area (Å²) in [7, 11) is 0. The number of carbonyl (C=O) groups is 1. The molecule has 1 amide bonds. The highest BCUT2D eigenvalue weighted by molar-refractivity contribution is 6.32. The Balaban J connectivity index is 2.17. The summed E-state index contributed by atoms with van der Waals surface area (Å²) in [6.45, 7) is 5.53. The fraction of sp³-hybridized carbons (Fsp3) is 0.625. The van der Waals surface area contributed by atoms with Crippen molar-refractivity contribution in [2.75, 3.05) is 13.1 Å². The summed E-state index contributed by atoms with van der Waals surface area (Å²) in [5.74, 6) is -4.20. The molecule has 2 rings (SSSR count). The first-order chi connectivity index (χ1) is 11.0. The summed E-state index contributed by atoms with van der Waals surface area (Å²) < 4.78 is 35.0. The first-order valence-electron chi connectivity index (χ1n) is 7.68. The Morgan fingerprint density at radius 2 is 1.88 bits per heavy atom. The molecule has 1 unspecified atom stereocenters. The van der Waals surface area contributed by atoms with Gasteiger partial charge in [0.25, 0.3) is 5.92 Å². The van der Waals surface area contributed by atoms with Crippen LogP contribution in [0.1, 0.15) is 39.2 Å². The molecule has 0 aromatic carbocycles. The molecule has 1 aliphatic rings. The fourth-order valence-corrected chi connectivity index (χ4v) is 3.12. The minimum Gasteiger partial charge on any atom is -0.444 e. The smallest absolute Gasteiger partial charge is 0.410 e. The number of rotatable bonds is 2. The SMILES string of the molecule is CC(C)(C)OC(=O)N1CCCC(C(F)(F)c2cc(Cl)nc(Cl)c2)C1. The quantitative estimate of drug-likeness (QED) is 0.668. The van der Waals surface area contributed by atoms with E-state index >= 15 is 0 Å². The van der Waals surface area contributed by atoms with Gasteiger partial charge < -0.3 is 9.64 Å². The van der Waals surface area contributed by atoms with Crippen molar-refractivity contribution in [1.82, 2.24) is 9.88 Å². The second-order valence-electron chi connectivity index (χ2n) is 6.89. The van der Waals surface area contributed by atoms with E-state index in [1.54, 1.807) is 20.8 Å². The minimum atomic E-state index is -3.17. The lowest BCUT2D eigenvalue weighted by molar-refractivity contribution is -0.0893. The van der Waals surface area contributed by atoms with Crippen LogP contribution in [0.5, 0.6) is 0 Å². The molecule has 0 N–H and O–H groups in total. The average molecular weight is 381 g/mol. The monoisotopic (exact) mass is 380 g/mol. The van der Waals surface area contributed by atoms with Crippen LogP contribution in [0, 0.1) is 5.92 Å². The van der Waals surface area contributed by atoms with Crippen LogP contribution in [-0.4, -0.2) is 34.7 Å². The number of pyridine rings is 1. The number of piperidine rings is 1. The standard InChI is InChI=1S/C16H20Cl2F2N2O2/c1-15(2,3)24-14(23)22-6-4-5-10(9-22)16(19,20)11-7-12(17)21-13(18)8-11/h7-8,10H,4-6,9H2,1-3H3. The van der Waals surface area contributed by atoms with Gasteiger partial charge in [0, 0.05) is 24.6 Å². The predicted octanol–water partition coefficient (Wildman–Crippen LogP) is 5.13. The van der Waals surface area contributed by atoms with Crippen LogP contribution in [0.25, 0.3) is 0 Å². The highest BCUT2D eigenvalue weighted by Crippen LogP contribution is 2.41. The average Bonchev–Trinajstić information content (AvgIpc) is 2.44. The predicted molar refractivity (Wildman–Crippen MR) is 88.7 cm³/mol. The van der Waals surface area contributed by atoms with Gasteiger partial charge in [0.1, 0.15) is 15.9 Å². The molecule has 4 nitrogen and oxygen atoms in total. The van der Waals surface area contributed by atoms with E-state index in [-0.39, 0.29) is 22.4 Å². The lowest BCUT2D eigenvalue weighted by Crippen LogP contribution is -2.46. The lowest BCUT2D eigenvalue weighted by atomic mass is 9.88. The van der Waals surface area contributed by atoms with Gasteiger partial charge in [0.15, 0.2) is 0 Å². The van der Waals surface area contributed by atoms with Gasteiger partial charge in [0.2, 0.25) is 0 Å². The van der Waals surface area contributed by atoms with Crippen molar-refractivity contribution >= 4 is 29.3 Å². The molecule has 1 saturated heterocycles. The van der Waals surface area contributed by atoms with Crippen molar-refractivity contribution in [2.45, 2.75) is 45.1 Å². The molecular weight excluding hydrogens is 361 g/mol. The maximum Gasteiger partial charge on any atom is 0.410 e. The topological polar surface area (TPSA) is 42.4 Å². The van der Waals surface area contributed by atoms with Crippen molar-refractivity contribution in [3.05, 3.63) is 28.0 Å². The number of aromatic nitrogens is 1. The Bertz CT molecular complexity index is 600. The maximum atomic E-state index is 14.9. The first-order valence-corrected chi connectivity index (χ1v) is 8.44.